The van der Waals surface area contributed by atoms with Crippen molar-refractivity contribution in [3.8, 4) is 0 Å². The quantitative estimate of drug-likeness (QED) is 0.0222. The average molecular weight is 1490 g/mol. The Hall–Kier alpha value is -1.94. The highest BCUT2D eigenvalue weighted by molar-refractivity contribution is 7.47. The molecule has 102 heavy (non-hydrogen) atoms. The van der Waals surface area contributed by atoms with Gasteiger partial charge in [-0.1, -0.05) is 388 Å². The maximum Gasteiger partial charge on any atom is 0.472 e. The molecule has 0 fully saturated rings. The van der Waals surface area contributed by atoms with E-state index in [0.29, 0.717) is 25.7 Å². The molecule has 0 amide bonds. The van der Waals surface area contributed by atoms with Crippen LogP contribution in [0.5, 0.6) is 0 Å². The molecular formula is C83H162O17P2. The standard InChI is InChI=1S/C83H162O17P2/c1-7-10-12-14-16-18-20-22-24-26-30-34-38-42-46-53-59-65-80(85)93-71-78(99-82(87)67-62-56-48-44-40-36-32-28-29-33-37-41-45-51-57-63-75(4)5)73-97-101(89,90)95-69-77(84)70-96-102(91,92)98-74-79(72-94-81(86)66-60-54-50-49-52-58-64-76(6)9-3)100-83(88)68-61-55-47-43-39-35-31-27-25-23-21-19-17-15-13-11-8-2/h75-79,84H,7-74H2,1-6H3,(H,89,90)(H,91,92)/t76?,77-,78-,79-/m1/s1. The Labute approximate surface area is 626 Å². The normalized spacial score (nSPS) is 14.1. The van der Waals surface area contributed by atoms with Crippen molar-refractivity contribution in [3.63, 3.8) is 0 Å². The number of hydrogen-bond donors (Lipinski definition) is 3. The molecule has 0 aliphatic carbocycles. The molecule has 0 heterocycles. The van der Waals surface area contributed by atoms with Crippen LogP contribution in [0.1, 0.15) is 440 Å². The van der Waals surface area contributed by atoms with Crippen LogP contribution in [-0.2, 0) is 65.4 Å². The number of aliphatic hydroxyl groups excluding tert-OH is 1. The zero-order valence-corrected chi connectivity index (χ0v) is 68.7. The number of carbonyl (C=O) groups excluding carboxylic acids is 4. The molecule has 0 aromatic heterocycles. The maximum atomic E-state index is 13.1. The van der Waals surface area contributed by atoms with Gasteiger partial charge in [0, 0.05) is 25.7 Å². The van der Waals surface area contributed by atoms with Crippen LogP contribution in [-0.4, -0.2) is 96.7 Å². The molecule has 3 N–H and O–H groups in total. The molecule has 0 spiro atoms. The average Bonchev–Trinajstić information content (AvgIpc) is 0.994. The van der Waals surface area contributed by atoms with Crippen LogP contribution in [0.3, 0.4) is 0 Å². The minimum absolute atomic E-state index is 0.108. The molecule has 19 heteroatoms. The van der Waals surface area contributed by atoms with Crippen molar-refractivity contribution in [2.75, 3.05) is 39.6 Å². The van der Waals surface area contributed by atoms with E-state index in [2.05, 4.69) is 41.5 Å². The monoisotopic (exact) mass is 1490 g/mol. The van der Waals surface area contributed by atoms with E-state index in [9.17, 15) is 43.2 Å². The Morgan fingerprint density at radius 3 is 0.745 bits per heavy atom. The van der Waals surface area contributed by atoms with Crippen molar-refractivity contribution >= 4 is 39.5 Å². The summed E-state index contributed by atoms with van der Waals surface area (Å²) in [6.45, 7) is 9.64. The fourth-order valence-electron chi connectivity index (χ4n) is 12.9. The van der Waals surface area contributed by atoms with Gasteiger partial charge in [0.2, 0.25) is 0 Å². The van der Waals surface area contributed by atoms with Crippen molar-refractivity contribution in [2.45, 2.75) is 458 Å². The largest absolute Gasteiger partial charge is 0.472 e. The van der Waals surface area contributed by atoms with E-state index in [4.69, 9.17) is 37.0 Å². The van der Waals surface area contributed by atoms with Crippen LogP contribution < -0.4 is 0 Å². The third kappa shape index (κ3) is 74.9. The summed E-state index contributed by atoms with van der Waals surface area (Å²) in [7, 11) is -9.92. The zero-order chi connectivity index (χ0) is 74.9. The topological polar surface area (TPSA) is 237 Å². The SMILES string of the molecule is CCCCCCCCCCCCCCCCCCCC(=O)OC[C@H](COP(=O)(O)OC[C@@H](O)COP(=O)(O)OC[C@@H](COC(=O)CCCCCCCCC(C)CC)OC(=O)CCCCCCCCCCCCCCCCCCC)OC(=O)CCCCCCCCCCCCCCCCCC(C)C. The number of rotatable bonds is 82. The van der Waals surface area contributed by atoms with Crippen LogP contribution >= 0.6 is 15.6 Å². The zero-order valence-electron chi connectivity index (χ0n) is 66.9. The number of unbranched alkanes of at least 4 members (excludes halogenated alkanes) is 51. The summed E-state index contributed by atoms with van der Waals surface area (Å²) in [5.74, 6) is -0.572. The lowest BCUT2D eigenvalue weighted by Crippen LogP contribution is -2.30. The molecule has 0 aromatic rings. The van der Waals surface area contributed by atoms with Crippen molar-refractivity contribution in [3.05, 3.63) is 0 Å². The van der Waals surface area contributed by atoms with Gasteiger partial charge in [0.25, 0.3) is 0 Å². The lowest BCUT2D eigenvalue weighted by Gasteiger charge is -2.21. The Kier molecular flexibility index (Phi) is 73.1. The van der Waals surface area contributed by atoms with E-state index in [0.717, 1.165) is 108 Å². The molecule has 0 aliphatic rings. The predicted octanol–water partition coefficient (Wildman–Crippen LogP) is 25.1. The van der Waals surface area contributed by atoms with E-state index in [-0.39, 0.29) is 25.7 Å². The third-order valence-electron chi connectivity index (χ3n) is 19.8. The second-order valence-corrected chi connectivity index (χ2v) is 33.5. The first-order chi connectivity index (χ1) is 49.4. The lowest BCUT2D eigenvalue weighted by atomic mass is 10.00. The fraction of sp³-hybridized carbons (Fsp3) is 0.952. The highest BCUT2D eigenvalue weighted by Crippen LogP contribution is 2.45. The van der Waals surface area contributed by atoms with E-state index in [1.165, 1.54) is 250 Å². The smallest absolute Gasteiger partial charge is 0.462 e. The number of carbonyl (C=O) groups is 4. The summed E-state index contributed by atoms with van der Waals surface area (Å²) in [6.07, 6.45) is 65.2. The maximum absolute atomic E-state index is 13.1. The van der Waals surface area contributed by atoms with Gasteiger partial charge in [-0.05, 0) is 37.5 Å². The van der Waals surface area contributed by atoms with E-state index in [1.807, 2.05) is 0 Å². The number of ether oxygens (including phenoxy) is 4. The molecule has 17 nitrogen and oxygen atoms in total. The number of aliphatic hydroxyl groups is 1. The Bertz CT molecular complexity index is 1960. The van der Waals surface area contributed by atoms with Crippen molar-refractivity contribution in [1.29, 1.82) is 0 Å². The van der Waals surface area contributed by atoms with Gasteiger partial charge < -0.3 is 33.8 Å². The van der Waals surface area contributed by atoms with Gasteiger partial charge in [-0.15, -0.1) is 0 Å². The molecule has 0 radical (unpaired) electrons. The van der Waals surface area contributed by atoms with Gasteiger partial charge in [0.1, 0.15) is 19.3 Å². The lowest BCUT2D eigenvalue weighted by molar-refractivity contribution is -0.161. The molecule has 0 saturated carbocycles. The second kappa shape index (κ2) is 74.5. The van der Waals surface area contributed by atoms with E-state index >= 15 is 0 Å². The molecule has 6 atom stereocenters. The van der Waals surface area contributed by atoms with Crippen LogP contribution in [0, 0.1) is 11.8 Å². The molecule has 0 bridgehead atoms. The van der Waals surface area contributed by atoms with Crippen LogP contribution in [0.25, 0.3) is 0 Å². The van der Waals surface area contributed by atoms with Gasteiger partial charge in [-0.3, -0.25) is 37.3 Å². The number of esters is 4. The Morgan fingerprint density at radius 2 is 0.500 bits per heavy atom. The summed E-state index contributed by atoms with van der Waals surface area (Å²) in [6, 6.07) is 0. The summed E-state index contributed by atoms with van der Waals surface area (Å²) < 4.78 is 68.8. The minimum atomic E-state index is -4.96. The highest BCUT2D eigenvalue weighted by Gasteiger charge is 2.30. The van der Waals surface area contributed by atoms with Gasteiger partial charge in [-0.25, -0.2) is 9.13 Å². The molecule has 0 aliphatic heterocycles. The number of hydrogen-bond acceptors (Lipinski definition) is 15. The molecule has 0 aromatic carbocycles. The summed E-state index contributed by atoms with van der Waals surface area (Å²) in [4.78, 5) is 73.1. The van der Waals surface area contributed by atoms with E-state index < -0.39 is 97.5 Å². The number of phosphoric ester groups is 2. The molecular weight excluding hydrogens is 1330 g/mol. The van der Waals surface area contributed by atoms with Gasteiger partial charge in [0.15, 0.2) is 12.2 Å². The summed E-state index contributed by atoms with van der Waals surface area (Å²) in [5, 5.41) is 10.7. The van der Waals surface area contributed by atoms with Gasteiger partial charge in [-0.2, -0.15) is 0 Å². The van der Waals surface area contributed by atoms with Crippen molar-refractivity contribution in [2.24, 2.45) is 11.8 Å². The Balaban J connectivity index is 5.24. The van der Waals surface area contributed by atoms with Gasteiger partial charge in [0.05, 0.1) is 26.4 Å². The minimum Gasteiger partial charge on any atom is -0.462 e. The molecule has 0 rings (SSSR count). The highest BCUT2D eigenvalue weighted by atomic mass is 31.2. The molecule has 606 valence electrons. The molecule has 0 saturated heterocycles. The summed E-state index contributed by atoms with van der Waals surface area (Å²) in [5.41, 5.74) is 0. The predicted molar refractivity (Wildman–Crippen MR) is 418 cm³/mol. The van der Waals surface area contributed by atoms with E-state index in [1.54, 1.807) is 0 Å². The molecule has 3 unspecified atom stereocenters. The first-order valence-electron chi connectivity index (χ1n) is 43.0. The van der Waals surface area contributed by atoms with Crippen molar-refractivity contribution in [1.82, 2.24) is 0 Å². The fourth-order valence-corrected chi connectivity index (χ4v) is 14.4. The summed E-state index contributed by atoms with van der Waals surface area (Å²) >= 11 is 0. The van der Waals surface area contributed by atoms with Gasteiger partial charge >= 0.3 is 39.5 Å². The van der Waals surface area contributed by atoms with Crippen LogP contribution in [0.4, 0.5) is 0 Å². The first-order valence-corrected chi connectivity index (χ1v) is 46.0. The second-order valence-electron chi connectivity index (χ2n) is 30.6. The van der Waals surface area contributed by atoms with Crippen LogP contribution in [0.2, 0.25) is 0 Å². The third-order valence-corrected chi connectivity index (χ3v) is 21.7. The Morgan fingerprint density at radius 1 is 0.284 bits per heavy atom. The van der Waals surface area contributed by atoms with Crippen LogP contribution in [0.15, 0.2) is 0 Å². The van der Waals surface area contributed by atoms with Crippen molar-refractivity contribution < 1.29 is 80.2 Å². The first kappa shape index (κ1) is 100. The number of phosphoric acid groups is 2.